The summed E-state index contributed by atoms with van der Waals surface area (Å²) in [5.74, 6) is 0.974. The molecular formula is C18H20BrN7O. The van der Waals surface area contributed by atoms with Crippen molar-refractivity contribution in [1.29, 1.82) is 0 Å². The lowest BCUT2D eigenvalue weighted by molar-refractivity contribution is -0.126. The zero-order valence-electron chi connectivity index (χ0n) is 14.9. The molecular weight excluding hydrogens is 410 g/mol. The highest BCUT2D eigenvalue weighted by atomic mass is 79.9. The van der Waals surface area contributed by atoms with Crippen LogP contribution in [0.2, 0.25) is 0 Å². The van der Waals surface area contributed by atoms with Crippen LogP contribution in [0.15, 0.2) is 40.9 Å². The first-order valence-electron chi connectivity index (χ1n) is 8.96. The predicted octanol–water partition coefficient (Wildman–Crippen LogP) is 2.38. The molecule has 0 radical (unpaired) electrons. The lowest BCUT2D eigenvalue weighted by Gasteiger charge is -2.32. The van der Waals surface area contributed by atoms with Crippen molar-refractivity contribution in [3.05, 3.63) is 46.4 Å². The number of amides is 1. The Morgan fingerprint density at radius 3 is 2.67 bits per heavy atom. The SMILES string of the molecule is CC(NC(=O)C1CCN(c2ccc3nnnn3n2)CC1)c1ccc(Br)cc1. The Morgan fingerprint density at radius 1 is 1.19 bits per heavy atom. The number of halogens is 1. The van der Waals surface area contributed by atoms with Gasteiger partial charge >= 0.3 is 0 Å². The topological polar surface area (TPSA) is 88.3 Å². The van der Waals surface area contributed by atoms with E-state index in [0.29, 0.717) is 5.65 Å². The number of hydrogen-bond donors (Lipinski definition) is 1. The summed E-state index contributed by atoms with van der Waals surface area (Å²) >= 11 is 3.43. The van der Waals surface area contributed by atoms with E-state index < -0.39 is 0 Å². The van der Waals surface area contributed by atoms with Crippen molar-refractivity contribution in [3.63, 3.8) is 0 Å². The molecule has 0 saturated carbocycles. The van der Waals surface area contributed by atoms with E-state index in [1.54, 1.807) is 0 Å². The van der Waals surface area contributed by atoms with Gasteiger partial charge < -0.3 is 10.2 Å². The average Bonchev–Trinajstić information content (AvgIpc) is 3.16. The van der Waals surface area contributed by atoms with Gasteiger partial charge in [0, 0.05) is 23.5 Å². The second-order valence-corrected chi connectivity index (χ2v) is 7.68. The highest BCUT2D eigenvalue weighted by molar-refractivity contribution is 9.10. The molecule has 140 valence electrons. The monoisotopic (exact) mass is 429 g/mol. The number of rotatable bonds is 4. The van der Waals surface area contributed by atoms with Crippen molar-refractivity contribution in [3.8, 4) is 0 Å². The minimum Gasteiger partial charge on any atom is -0.355 e. The number of anilines is 1. The Bertz CT molecular complexity index is 934. The molecule has 1 unspecified atom stereocenters. The fraction of sp³-hybridized carbons (Fsp3) is 0.389. The fourth-order valence-corrected chi connectivity index (χ4v) is 3.61. The first kappa shape index (κ1) is 17.8. The summed E-state index contributed by atoms with van der Waals surface area (Å²) in [5.41, 5.74) is 1.72. The molecule has 4 rings (SSSR count). The van der Waals surface area contributed by atoms with Gasteiger partial charge in [0.25, 0.3) is 0 Å². The van der Waals surface area contributed by atoms with Gasteiger partial charge in [0.05, 0.1) is 6.04 Å². The second kappa shape index (κ2) is 7.59. The molecule has 1 atom stereocenters. The van der Waals surface area contributed by atoms with Gasteiger partial charge in [-0.25, -0.2) is 0 Å². The number of benzene rings is 1. The molecule has 8 nitrogen and oxygen atoms in total. The van der Waals surface area contributed by atoms with Crippen molar-refractivity contribution in [2.75, 3.05) is 18.0 Å². The maximum Gasteiger partial charge on any atom is 0.223 e. The molecule has 1 aliphatic heterocycles. The molecule has 9 heteroatoms. The van der Waals surface area contributed by atoms with Crippen LogP contribution in [0.25, 0.3) is 5.65 Å². The Hall–Kier alpha value is -2.55. The largest absolute Gasteiger partial charge is 0.355 e. The molecule has 0 bridgehead atoms. The van der Waals surface area contributed by atoms with Crippen LogP contribution in [0.3, 0.4) is 0 Å². The van der Waals surface area contributed by atoms with Crippen molar-refractivity contribution >= 4 is 33.3 Å². The quantitative estimate of drug-likeness (QED) is 0.684. The summed E-state index contributed by atoms with van der Waals surface area (Å²) in [6, 6.07) is 11.8. The minimum atomic E-state index is -0.00693. The van der Waals surface area contributed by atoms with Gasteiger partial charge in [-0.2, -0.15) is 0 Å². The molecule has 1 saturated heterocycles. The Labute approximate surface area is 165 Å². The number of aromatic nitrogens is 5. The predicted molar refractivity (Wildman–Crippen MR) is 104 cm³/mol. The van der Waals surface area contributed by atoms with E-state index in [4.69, 9.17) is 0 Å². The van der Waals surface area contributed by atoms with E-state index >= 15 is 0 Å². The lowest BCUT2D eigenvalue weighted by atomic mass is 9.95. The Balaban J connectivity index is 1.34. The zero-order valence-corrected chi connectivity index (χ0v) is 16.5. The summed E-state index contributed by atoms with van der Waals surface area (Å²) in [7, 11) is 0. The summed E-state index contributed by atoms with van der Waals surface area (Å²) in [6.07, 6.45) is 1.60. The van der Waals surface area contributed by atoms with Crippen molar-refractivity contribution in [2.24, 2.45) is 5.92 Å². The number of nitrogens with one attached hydrogen (secondary N) is 1. The Morgan fingerprint density at radius 2 is 1.93 bits per heavy atom. The first-order chi connectivity index (χ1) is 13.1. The number of carbonyl (C=O) groups is 1. The molecule has 27 heavy (non-hydrogen) atoms. The number of piperidine rings is 1. The number of hydrogen-bond acceptors (Lipinski definition) is 6. The highest BCUT2D eigenvalue weighted by Gasteiger charge is 2.26. The van der Waals surface area contributed by atoms with Crippen LogP contribution in [0.5, 0.6) is 0 Å². The highest BCUT2D eigenvalue weighted by Crippen LogP contribution is 2.23. The Kier molecular flexibility index (Phi) is 5.02. The fourth-order valence-electron chi connectivity index (χ4n) is 3.35. The van der Waals surface area contributed by atoms with Crippen LogP contribution in [-0.4, -0.2) is 44.3 Å². The maximum absolute atomic E-state index is 12.6. The standard InChI is InChI=1S/C18H20BrN7O/c1-12(13-2-4-15(19)5-3-13)20-18(27)14-8-10-25(11-9-14)17-7-6-16-21-23-24-26(16)22-17/h2-7,12,14H,8-11H2,1H3,(H,20,27). The van der Waals surface area contributed by atoms with E-state index in [1.807, 2.05) is 43.3 Å². The smallest absolute Gasteiger partial charge is 0.223 e. The van der Waals surface area contributed by atoms with E-state index in [0.717, 1.165) is 41.8 Å². The number of tetrazole rings is 1. The molecule has 2 aromatic heterocycles. The molecule has 1 fully saturated rings. The van der Waals surface area contributed by atoms with E-state index in [2.05, 4.69) is 46.8 Å². The van der Waals surface area contributed by atoms with Crippen molar-refractivity contribution in [1.82, 2.24) is 30.6 Å². The van der Waals surface area contributed by atoms with Gasteiger partial charge in [-0.15, -0.1) is 14.8 Å². The normalized spacial score (nSPS) is 16.4. The van der Waals surface area contributed by atoms with Crippen molar-refractivity contribution in [2.45, 2.75) is 25.8 Å². The van der Waals surface area contributed by atoms with Crippen LogP contribution in [0, 0.1) is 5.92 Å². The molecule has 3 heterocycles. The van der Waals surface area contributed by atoms with Gasteiger partial charge in [0.2, 0.25) is 5.91 Å². The number of carbonyl (C=O) groups excluding carboxylic acids is 1. The summed E-state index contributed by atoms with van der Waals surface area (Å²) in [4.78, 5) is 14.8. The van der Waals surface area contributed by atoms with E-state index in [-0.39, 0.29) is 17.9 Å². The average molecular weight is 430 g/mol. The van der Waals surface area contributed by atoms with E-state index in [9.17, 15) is 4.79 Å². The van der Waals surface area contributed by atoms with Gasteiger partial charge in [-0.1, -0.05) is 28.1 Å². The summed E-state index contributed by atoms with van der Waals surface area (Å²) < 4.78 is 2.46. The van der Waals surface area contributed by atoms with Gasteiger partial charge in [0.15, 0.2) is 11.5 Å². The third kappa shape index (κ3) is 3.92. The lowest BCUT2D eigenvalue weighted by Crippen LogP contribution is -2.41. The van der Waals surface area contributed by atoms with Crippen LogP contribution in [0.1, 0.15) is 31.4 Å². The molecule has 3 aromatic rings. The number of fused-ring (bicyclic) bond motifs is 1. The van der Waals surface area contributed by atoms with Crippen LogP contribution < -0.4 is 10.2 Å². The molecule has 1 aromatic carbocycles. The first-order valence-corrected chi connectivity index (χ1v) is 9.75. The second-order valence-electron chi connectivity index (χ2n) is 6.76. The molecule has 1 N–H and O–H groups in total. The minimum absolute atomic E-state index is 0.00693. The van der Waals surface area contributed by atoms with Crippen LogP contribution in [-0.2, 0) is 4.79 Å². The zero-order chi connectivity index (χ0) is 18.8. The van der Waals surface area contributed by atoms with Gasteiger partial charge in [-0.3, -0.25) is 4.79 Å². The summed E-state index contributed by atoms with van der Waals surface area (Å²) in [5, 5.41) is 18.9. The third-order valence-corrected chi connectivity index (χ3v) is 5.50. The van der Waals surface area contributed by atoms with Crippen LogP contribution in [0.4, 0.5) is 5.82 Å². The molecule has 0 spiro atoms. The third-order valence-electron chi connectivity index (χ3n) is 4.97. The maximum atomic E-state index is 12.6. The van der Waals surface area contributed by atoms with E-state index in [1.165, 1.54) is 4.63 Å². The van der Waals surface area contributed by atoms with Crippen LogP contribution >= 0.6 is 15.9 Å². The van der Waals surface area contributed by atoms with Gasteiger partial charge in [0.1, 0.15) is 0 Å². The molecule has 1 aliphatic rings. The van der Waals surface area contributed by atoms with Crippen molar-refractivity contribution < 1.29 is 4.79 Å². The summed E-state index contributed by atoms with van der Waals surface area (Å²) in [6.45, 7) is 3.58. The van der Waals surface area contributed by atoms with Gasteiger partial charge in [-0.05, 0) is 60.0 Å². The number of nitrogens with zero attached hydrogens (tertiary/aromatic N) is 6. The molecule has 0 aliphatic carbocycles. The molecule has 1 amide bonds.